The third-order valence-corrected chi connectivity index (χ3v) is 3.95. The van der Waals surface area contributed by atoms with Crippen molar-refractivity contribution in [1.82, 2.24) is 4.90 Å². The summed E-state index contributed by atoms with van der Waals surface area (Å²) in [6, 6.07) is 8.18. The lowest BCUT2D eigenvalue weighted by Crippen LogP contribution is -2.38. The van der Waals surface area contributed by atoms with Gasteiger partial charge in [0.2, 0.25) is 0 Å². The van der Waals surface area contributed by atoms with Gasteiger partial charge in [0, 0.05) is 18.2 Å². The number of hydrogen-bond acceptors (Lipinski definition) is 3. The van der Waals surface area contributed by atoms with Crippen molar-refractivity contribution >= 4 is 0 Å². The summed E-state index contributed by atoms with van der Waals surface area (Å²) < 4.78 is 5.67. The van der Waals surface area contributed by atoms with Gasteiger partial charge in [-0.25, -0.2) is 0 Å². The number of benzene rings is 1. The standard InChI is InChI=1S/C16H26N2O/c1-3-19-16-7-5-4-6-14(16)15(17)12-18-10-8-13(2)9-11-18/h4-7,13,15H,3,8-12,17H2,1-2H3. The van der Waals surface area contributed by atoms with Crippen LogP contribution < -0.4 is 10.5 Å². The Labute approximate surface area is 116 Å². The Bertz CT molecular complexity index is 386. The van der Waals surface area contributed by atoms with Crippen molar-refractivity contribution in [3.63, 3.8) is 0 Å². The van der Waals surface area contributed by atoms with Crippen LogP contribution in [-0.2, 0) is 0 Å². The molecule has 1 aromatic carbocycles. The molecule has 1 aliphatic heterocycles. The molecule has 0 aromatic heterocycles. The number of likely N-dealkylation sites (tertiary alicyclic amines) is 1. The molecule has 1 fully saturated rings. The Morgan fingerprint density at radius 3 is 2.68 bits per heavy atom. The fourth-order valence-electron chi connectivity index (χ4n) is 2.69. The van der Waals surface area contributed by atoms with Gasteiger partial charge in [0.25, 0.3) is 0 Å². The number of ether oxygens (including phenoxy) is 1. The highest BCUT2D eigenvalue weighted by atomic mass is 16.5. The molecule has 2 N–H and O–H groups in total. The third kappa shape index (κ3) is 3.95. The smallest absolute Gasteiger partial charge is 0.124 e. The first-order chi connectivity index (χ1) is 9.20. The van der Waals surface area contributed by atoms with E-state index < -0.39 is 0 Å². The molecular weight excluding hydrogens is 236 g/mol. The van der Waals surface area contributed by atoms with Crippen LogP contribution in [0, 0.1) is 5.92 Å². The zero-order valence-corrected chi connectivity index (χ0v) is 12.1. The molecule has 0 saturated carbocycles. The van der Waals surface area contributed by atoms with Crippen molar-refractivity contribution in [2.45, 2.75) is 32.7 Å². The first-order valence-corrected chi connectivity index (χ1v) is 7.40. The summed E-state index contributed by atoms with van der Waals surface area (Å²) in [5.74, 6) is 1.80. The molecule has 0 aliphatic carbocycles. The van der Waals surface area contributed by atoms with Crippen LogP contribution in [-0.4, -0.2) is 31.1 Å². The summed E-state index contributed by atoms with van der Waals surface area (Å²) in [6.07, 6.45) is 2.58. The first kappa shape index (κ1) is 14.4. The Morgan fingerprint density at radius 1 is 1.32 bits per heavy atom. The van der Waals surface area contributed by atoms with Gasteiger partial charge in [0.15, 0.2) is 0 Å². The zero-order chi connectivity index (χ0) is 13.7. The fourth-order valence-corrected chi connectivity index (χ4v) is 2.69. The molecule has 3 nitrogen and oxygen atoms in total. The second kappa shape index (κ2) is 6.92. The molecule has 0 bridgehead atoms. The van der Waals surface area contributed by atoms with Crippen LogP contribution in [0.4, 0.5) is 0 Å². The van der Waals surface area contributed by atoms with Gasteiger partial charge in [-0.1, -0.05) is 25.1 Å². The van der Waals surface area contributed by atoms with E-state index in [0.717, 1.165) is 23.8 Å². The Morgan fingerprint density at radius 2 is 2.00 bits per heavy atom. The molecule has 1 heterocycles. The predicted molar refractivity (Wildman–Crippen MR) is 79.4 cm³/mol. The topological polar surface area (TPSA) is 38.5 Å². The zero-order valence-electron chi connectivity index (χ0n) is 12.1. The number of rotatable bonds is 5. The van der Waals surface area contributed by atoms with Gasteiger partial charge in [-0.05, 0) is 44.8 Å². The van der Waals surface area contributed by atoms with E-state index in [0.29, 0.717) is 6.61 Å². The highest BCUT2D eigenvalue weighted by Crippen LogP contribution is 2.25. The summed E-state index contributed by atoms with van der Waals surface area (Å²) >= 11 is 0. The van der Waals surface area contributed by atoms with Crippen molar-refractivity contribution in [2.75, 3.05) is 26.2 Å². The number of hydrogen-bond donors (Lipinski definition) is 1. The van der Waals surface area contributed by atoms with Crippen LogP contribution in [0.2, 0.25) is 0 Å². The molecule has 0 amide bonds. The number of piperidine rings is 1. The van der Waals surface area contributed by atoms with E-state index in [4.69, 9.17) is 10.5 Å². The molecule has 1 aliphatic rings. The van der Waals surface area contributed by atoms with E-state index >= 15 is 0 Å². The minimum absolute atomic E-state index is 0.0381. The van der Waals surface area contributed by atoms with E-state index in [1.54, 1.807) is 0 Å². The maximum absolute atomic E-state index is 6.37. The van der Waals surface area contributed by atoms with Crippen molar-refractivity contribution in [3.8, 4) is 5.75 Å². The second-order valence-electron chi connectivity index (χ2n) is 5.56. The quantitative estimate of drug-likeness (QED) is 0.887. The largest absolute Gasteiger partial charge is 0.494 e. The van der Waals surface area contributed by atoms with Crippen molar-refractivity contribution in [2.24, 2.45) is 11.7 Å². The number of nitrogens with zero attached hydrogens (tertiary/aromatic N) is 1. The maximum Gasteiger partial charge on any atom is 0.124 e. The summed E-state index contributed by atoms with van der Waals surface area (Å²) in [7, 11) is 0. The van der Waals surface area contributed by atoms with Crippen LogP contribution in [0.25, 0.3) is 0 Å². The van der Waals surface area contributed by atoms with Gasteiger partial charge in [-0.15, -0.1) is 0 Å². The van der Waals surface area contributed by atoms with Gasteiger partial charge in [0.05, 0.1) is 6.61 Å². The Kier molecular flexibility index (Phi) is 5.23. The molecule has 3 heteroatoms. The SMILES string of the molecule is CCOc1ccccc1C(N)CN1CCC(C)CC1. The number of para-hydroxylation sites is 1. The van der Waals surface area contributed by atoms with Crippen LogP contribution in [0.1, 0.15) is 38.3 Å². The van der Waals surface area contributed by atoms with Gasteiger partial charge in [-0.3, -0.25) is 0 Å². The molecule has 1 saturated heterocycles. The predicted octanol–water partition coefficient (Wildman–Crippen LogP) is 2.82. The van der Waals surface area contributed by atoms with E-state index in [9.17, 15) is 0 Å². The Balaban J connectivity index is 1.97. The van der Waals surface area contributed by atoms with Gasteiger partial charge in [0.1, 0.15) is 5.75 Å². The van der Waals surface area contributed by atoms with E-state index in [2.05, 4.69) is 17.9 Å². The summed E-state index contributed by atoms with van der Waals surface area (Å²) in [5, 5.41) is 0. The monoisotopic (exact) mass is 262 g/mol. The second-order valence-corrected chi connectivity index (χ2v) is 5.56. The molecule has 2 rings (SSSR count). The van der Waals surface area contributed by atoms with E-state index in [1.165, 1.54) is 25.9 Å². The molecule has 1 aromatic rings. The van der Waals surface area contributed by atoms with Crippen molar-refractivity contribution in [1.29, 1.82) is 0 Å². The maximum atomic E-state index is 6.37. The van der Waals surface area contributed by atoms with E-state index in [1.807, 2.05) is 25.1 Å². The van der Waals surface area contributed by atoms with Crippen LogP contribution >= 0.6 is 0 Å². The summed E-state index contributed by atoms with van der Waals surface area (Å²) in [5.41, 5.74) is 7.50. The molecule has 0 spiro atoms. The van der Waals surface area contributed by atoms with Gasteiger partial charge < -0.3 is 15.4 Å². The van der Waals surface area contributed by atoms with Crippen LogP contribution in [0.5, 0.6) is 5.75 Å². The lowest BCUT2D eigenvalue weighted by molar-refractivity contribution is 0.182. The average Bonchev–Trinajstić information content (AvgIpc) is 2.42. The molecular formula is C16H26N2O. The average molecular weight is 262 g/mol. The molecule has 106 valence electrons. The first-order valence-electron chi connectivity index (χ1n) is 7.40. The number of nitrogens with two attached hydrogens (primary N) is 1. The minimum Gasteiger partial charge on any atom is -0.494 e. The molecule has 1 atom stereocenters. The minimum atomic E-state index is 0.0381. The lowest BCUT2D eigenvalue weighted by Gasteiger charge is -2.32. The molecule has 0 radical (unpaired) electrons. The van der Waals surface area contributed by atoms with Crippen LogP contribution in [0.3, 0.4) is 0 Å². The van der Waals surface area contributed by atoms with Crippen LogP contribution in [0.15, 0.2) is 24.3 Å². The fraction of sp³-hybridized carbons (Fsp3) is 0.625. The normalized spacial score (nSPS) is 19.3. The highest BCUT2D eigenvalue weighted by Gasteiger charge is 2.19. The van der Waals surface area contributed by atoms with E-state index in [-0.39, 0.29) is 6.04 Å². The van der Waals surface area contributed by atoms with Gasteiger partial charge in [-0.2, -0.15) is 0 Å². The third-order valence-electron chi connectivity index (χ3n) is 3.95. The van der Waals surface area contributed by atoms with Gasteiger partial charge >= 0.3 is 0 Å². The summed E-state index contributed by atoms with van der Waals surface area (Å²) in [4.78, 5) is 2.48. The van der Waals surface area contributed by atoms with Crippen molar-refractivity contribution in [3.05, 3.63) is 29.8 Å². The lowest BCUT2D eigenvalue weighted by atomic mass is 9.98. The molecule has 19 heavy (non-hydrogen) atoms. The summed E-state index contributed by atoms with van der Waals surface area (Å²) in [6.45, 7) is 8.30. The Hall–Kier alpha value is -1.06. The molecule has 1 unspecified atom stereocenters. The highest BCUT2D eigenvalue weighted by molar-refractivity contribution is 5.35. The van der Waals surface area contributed by atoms with Crippen molar-refractivity contribution < 1.29 is 4.74 Å².